The number of nitrogens with one attached hydrogen (secondary N) is 1. The number of amides is 1. The van der Waals surface area contributed by atoms with E-state index in [9.17, 15) is 4.79 Å². The number of hydrogen-bond donors (Lipinski definition) is 2. The van der Waals surface area contributed by atoms with E-state index in [1.54, 1.807) is 32.4 Å². The van der Waals surface area contributed by atoms with Crippen molar-refractivity contribution < 1.29 is 19.0 Å². The van der Waals surface area contributed by atoms with Gasteiger partial charge in [-0.1, -0.05) is 0 Å². The van der Waals surface area contributed by atoms with Gasteiger partial charge in [0.25, 0.3) is 0 Å². The highest BCUT2D eigenvalue weighted by Crippen LogP contribution is 2.26. The smallest absolute Gasteiger partial charge is 0.224 e. The third-order valence-corrected chi connectivity index (χ3v) is 2.83. The minimum absolute atomic E-state index is 0.0839. The lowest BCUT2D eigenvalue weighted by atomic mass is 10.2. The maximum atomic E-state index is 11.8. The van der Waals surface area contributed by atoms with Crippen molar-refractivity contribution in [3.63, 3.8) is 0 Å². The first-order chi connectivity index (χ1) is 10.2. The number of hydrogen-bond acceptors (Lipinski definition) is 5. The van der Waals surface area contributed by atoms with Crippen LogP contribution in [0, 0.1) is 0 Å². The second-order valence-electron chi connectivity index (χ2n) is 4.57. The highest BCUT2D eigenvalue weighted by molar-refractivity contribution is 5.92. The Labute approximate surface area is 125 Å². The van der Waals surface area contributed by atoms with Crippen LogP contribution >= 0.6 is 0 Å². The first-order valence-electron chi connectivity index (χ1n) is 6.97. The van der Waals surface area contributed by atoms with Gasteiger partial charge in [0.1, 0.15) is 5.75 Å². The van der Waals surface area contributed by atoms with E-state index in [1.165, 1.54) is 0 Å². The van der Waals surface area contributed by atoms with Gasteiger partial charge in [0.2, 0.25) is 5.91 Å². The molecule has 0 spiro atoms. The van der Waals surface area contributed by atoms with Crippen molar-refractivity contribution in [1.82, 2.24) is 0 Å². The van der Waals surface area contributed by atoms with Crippen LogP contribution in [0.4, 0.5) is 11.4 Å². The number of nitrogens with two attached hydrogens (primary N) is 1. The van der Waals surface area contributed by atoms with Crippen molar-refractivity contribution >= 4 is 17.3 Å². The van der Waals surface area contributed by atoms with Gasteiger partial charge in [-0.05, 0) is 31.0 Å². The van der Waals surface area contributed by atoms with Crippen LogP contribution in [0.15, 0.2) is 18.2 Å². The van der Waals surface area contributed by atoms with E-state index < -0.39 is 0 Å². The number of rotatable bonds is 10. The van der Waals surface area contributed by atoms with E-state index in [-0.39, 0.29) is 5.91 Å². The zero-order valence-corrected chi connectivity index (χ0v) is 12.7. The van der Waals surface area contributed by atoms with Gasteiger partial charge in [0.15, 0.2) is 0 Å². The summed E-state index contributed by atoms with van der Waals surface area (Å²) < 4.78 is 15.5. The zero-order valence-electron chi connectivity index (χ0n) is 12.7. The average molecular weight is 296 g/mol. The fraction of sp³-hybridized carbons (Fsp3) is 0.533. The van der Waals surface area contributed by atoms with Gasteiger partial charge in [0.05, 0.1) is 12.8 Å². The van der Waals surface area contributed by atoms with E-state index in [0.717, 1.165) is 6.42 Å². The van der Waals surface area contributed by atoms with E-state index in [0.29, 0.717) is 49.8 Å². The topological polar surface area (TPSA) is 82.8 Å². The monoisotopic (exact) mass is 296 g/mol. The molecule has 6 heteroatoms. The highest BCUT2D eigenvalue weighted by Gasteiger charge is 2.07. The van der Waals surface area contributed by atoms with E-state index in [2.05, 4.69) is 5.32 Å². The number of methoxy groups -OCH3 is 2. The Morgan fingerprint density at radius 2 is 1.95 bits per heavy atom. The Bertz CT molecular complexity index is 438. The number of anilines is 2. The molecule has 0 atom stereocenters. The summed E-state index contributed by atoms with van der Waals surface area (Å²) in [5, 5.41) is 2.79. The molecule has 0 aliphatic carbocycles. The summed E-state index contributed by atoms with van der Waals surface area (Å²) >= 11 is 0. The molecule has 0 bridgehead atoms. The Morgan fingerprint density at radius 1 is 1.19 bits per heavy atom. The van der Waals surface area contributed by atoms with Crippen LogP contribution in [0.25, 0.3) is 0 Å². The van der Waals surface area contributed by atoms with Crippen LogP contribution in [0.2, 0.25) is 0 Å². The molecule has 0 heterocycles. The molecule has 1 aromatic rings. The van der Waals surface area contributed by atoms with Crippen LogP contribution in [-0.2, 0) is 14.3 Å². The fourth-order valence-electron chi connectivity index (χ4n) is 1.78. The summed E-state index contributed by atoms with van der Waals surface area (Å²) in [7, 11) is 3.21. The van der Waals surface area contributed by atoms with Crippen molar-refractivity contribution in [3.05, 3.63) is 18.2 Å². The third-order valence-electron chi connectivity index (χ3n) is 2.83. The molecule has 0 aliphatic rings. The van der Waals surface area contributed by atoms with Crippen molar-refractivity contribution in [2.45, 2.75) is 19.3 Å². The lowest BCUT2D eigenvalue weighted by Crippen LogP contribution is -2.13. The molecule has 21 heavy (non-hydrogen) atoms. The SMILES string of the molecule is COCCCOCCCC(=O)Nc1cc(N)ccc1OC. The number of ether oxygens (including phenoxy) is 3. The summed E-state index contributed by atoms with van der Waals surface area (Å²) in [5.41, 5.74) is 6.86. The molecule has 0 aliphatic heterocycles. The number of carbonyl (C=O) groups excluding carboxylic acids is 1. The quantitative estimate of drug-likeness (QED) is 0.510. The van der Waals surface area contributed by atoms with Gasteiger partial charge in [-0.15, -0.1) is 0 Å². The van der Waals surface area contributed by atoms with E-state index in [1.807, 2.05) is 0 Å². The predicted octanol–water partition coefficient (Wildman–Crippen LogP) is 2.05. The summed E-state index contributed by atoms with van der Waals surface area (Å²) in [6.45, 7) is 1.90. The highest BCUT2D eigenvalue weighted by atomic mass is 16.5. The Kier molecular flexibility index (Phi) is 8.23. The molecule has 0 radical (unpaired) electrons. The Hall–Kier alpha value is -1.79. The predicted molar refractivity (Wildman–Crippen MR) is 82.6 cm³/mol. The maximum Gasteiger partial charge on any atom is 0.224 e. The van der Waals surface area contributed by atoms with Gasteiger partial charge in [-0.2, -0.15) is 0 Å². The molecule has 6 nitrogen and oxygen atoms in total. The van der Waals surface area contributed by atoms with Gasteiger partial charge in [-0.25, -0.2) is 0 Å². The molecule has 0 saturated carbocycles. The molecule has 1 rings (SSSR count). The summed E-state index contributed by atoms with van der Waals surface area (Å²) in [6, 6.07) is 5.13. The number of nitrogen functional groups attached to an aromatic ring is 1. The first kappa shape index (κ1) is 17.3. The molecule has 0 saturated heterocycles. The lowest BCUT2D eigenvalue weighted by Gasteiger charge is -2.11. The summed E-state index contributed by atoms with van der Waals surface area (Å²) in [5.74, 6) is 0.507. The van der Waals surface area contributed by atoms with Gasteiger partial charge >= 0.3 is 0 Å². The van der Waals surface area contributed by atoms with E-state index in [4.69, 9.17) is 19.9 Å². The molecular weight excluding hydrogens is 272 g/mol. The van der Waals surface area contributed by atoms with Gasteiger partial charge < -0.3 is 25.3 Å². The number of carbonyl (C=O) groups is 1. The van der Waals surface area contributed by atoms with Crippen LogP contribution in [-0.4, -0.2) is 39.9 Å². The molecule has 1 amide bonds. The molecule has 0 fully saturated rings. The third kappa shape index (κ3) is 6.97. The largest absolute Gasteiger partial charge is 0.495 e. The average Bonchev–Trinajstić information content (AvgIpc) is 2.46. The second-order valence-corrected chi connectivity index (χ2v) is 4.57. The fourth-order valence-corrected chi connectivity index (χ4v) is 1.78. The van der Waals surface area contributed by atoms with Crippen molar-refractivity contribution in [1.29, 1.82) is 0 Å². The molecular formula is C15H24N2O4. The standard InChI is InChI=1S/C15H24N2O4/c1-19-8-4-10-21-9-3-5-15(18)17-13-11-12(16)6-7-14(13)20-2/h6-7,11H,3-5,8-10,16H2,1-2H3,(H,17,18). The minimum Gasteiger partial charge on any atom is -0.495 e. The number of benzene rings is 1. The van der Waals surface area contributed by atoms with Crippen molar-refractivity contribution in [2.75, 3.05) is 45.1 Å². The Morgan fingerprint density at radius 3 is 2.67 bits per heavy atom. The van der Waals surface area contributed by atoms with Crippen LogP contribution < -0.4 is 15.8 Å². The molecule has 3 N–H and O–H groups in total. The molecule has 1 aromatic carbocycles. The Balaban J connectivity index is 2.26. The van der Waals surface area contributed by atoms with Gasteiger partial charge in [0, 0.05) is 39.0 Å². The van der Waals surface area contributed by atoms with E-state index >= 15 is 0 Å². The molecule has 0 unspecified atom stereocenters. The first-order valence-corrected chi connectivity index (χ1v) is 6.97. The van der Waals surface area contributed by atoms with Crippen molar-refractivity contribution in [2.24, 2.45) is 0 Å². The zero-order chi connectivity index (χ0) is 15.5. The lowest BCUT2D eigenvalue weighted by molar-refractivity contribution is -0.116. The summed E-state index contributed by atoms with van der Waals surface area (Å²) in [4.78, 5) is 11.8. The van der Waals surface area contributed by atoms with Crippen LogP contribution in [0.1, 0.15) is 19.3 Å². The molecule has 118 valence electrons. The second kappa shape index (κ2) is 10.0. The van der Waals surface area contributed by atoms with Crippen LogP contribution in [0.5, 0.6) is 5.75 Å². The maximum absolute atomic E-state index is 11.8. The van der Waals surface area contributed by atoms with Gasteiger partial charge in [-0.3, -0.25) is 4.79 Å². The normalized spacial score (nSPS) is 10.4. The molecule has 0 aromatic heterocycles. The summed E-state index contributed by atoms with van der Waals surface area (Å²) in [6.07, 6.45) is 1.93. The van der Waals surface area contributed by atoms with Crippen LogP contribution in [0.3, 0.4) is 0 Å². The minimum atomic E-state index is -0.0839. The van der Waals surface area contributed by atoms with Crippen molar-refractivity contribution in [3.8, 4) is 5.75 Å².